The highest BCUT2D eigenvalue weighted by Crippen LogP contribution is 2.26. The van der Waals surface area contributed by atoms with Crippen molar-refractivity contribution in [1.29, 1.82) is 0 Å². The fraction of sp³-hybridized carbons (Fsp3) is 0.545. The number of thioether (sulfide) groups is 1. The molecule has 4 rings (SSSR count). The summed E-state index contributed by atoms with van der Waals surface area (Å²) in [7, 11) is 0. The zero-order valence-electron chi connectivity index (χ0n) is 18.7. The molecule has 2 fully saturated rings. The number of hydrogen-bond donors (Lipinski definition) is 1. The number of anilines is 2. The number of esters is 1. The van der Waals surface area contributed by atoms with Gasteiger partial charge in [0, 0.05) is 25.4 Å². The molecule has 0 saturated carbocycles. The van der Waals surface area contributed by atoms with Crippen molar-refractivity contribution in [2.45, 2.75) is 37.6 Å². The lowest BCUT2D eigenvalue weighted by Gasteiger charge is -2.28. The third-order valence-electron chi connectivity index (χ3n) is 5.41. The van der Waals surface area contributed by atoms with Gasteiger partial charge in [-0.2, -0.15) is 0 Å². The Hall–Kier alpha value is -2.63. The summed E-state index contributed by atoms with van der Waals surface area (Å²) >= 11 is 1.35. The van der Waals surface area contributed by atoms with Crippen molar-refractivity contribution in [2.24, 2.45) is 0 Å². The Bertz CT molecular complexity index is 939. The first kappa shape index (κ1) is 23.5. The highest BCUT2D eigenvalue weighted by Gasteiger charge is 2.25. The van der Waals surface area contributed by atoms with Crippen molar-refractivity contribution >= 4 is 35.3 Å². The van der Waals surface area contributed by atoms with E-state index in [1.165, 1.54) is 11.8 Å². The molecule has 0 radical (unpaired) electrons. The summed E-state index contributed by atoms with van der Waals surface area (Å²) in [4.78, 5) is 26.5. The van der Waals surface area contributed by atoms with Gasteiger partial charge in [-0.15, -0.1) is 10.2 Å². The monoisotopic (exact) mass is 475 g/mol. The maximum Gasteiger partial charge on any atom is 0.338 e. The number of aromatic nitrogens is 3. The largest absolute Gasteiger partial charge is 0.462 e. The van der Waals surface area contributed by atoms with E-state index in [9.17, 15) is 9.59 Å². The van der Waals surface area contributed by atoms with E-state index in [-0.39, 0.29) is 23.7 Å². The Morgan fingerprint density at radius 2 is 1.97 bits per heavy atom. The Kier molecular flexibility index (Phi) is 8.19. The standard InChI is InChI=1S/C22H29N5O5S/c1-2-31-20(29)16-5-7-17(8-6-16)23-19(28)15-33-22-25-24-21(26-9-12-30-13-10-26)27(22)14-18-4-3-11-32-18/h5-8,18H,2-4,9-15H2,1H3,(H,23,28). The van der Waals surface area contributed by atoms with Gasteiger partial charge < -0.3 is 24.4 Å². The average molecular weight is 476 g/mol. The second-order valence-corrected chi connectivity index (χ2v) is 8.70. The molecule has 1 amide bonds. The van der Waals surface area contributed by atoms with Crippen molar-refractivity contribution in [3.05, 3.63) is 29.8 Å². The van der Waals surface area contributed by atoms with Crippen LogP contribution in [0.5, 0.6) is 0 Å². The van der Waals surface area contributed by atoms with Crippen LogP contribution in [0.3, 0.4) is 0 Å². The number of rotatable bonds is 9. The molecule has 1 N–H and O–H groups in total. The fourth-order valence-corrected chi connectivity index (χ4v) is 4.51. The quantitative estimate of drug-likeness (QED) is 0.431. The van der Waals surface area contributed by atoms with Crippen LogP contribution in [-0.4, -0.2) is 78.0 Å². The number of hydrogen-bond acceptors (Lipinski definition) is 9. The van der Waals surface area contributed by atoms with Crippen molar-refractivity contribution in [3.63, 3.8) is 0 Å². The summed E-state index contributed by atoms with van der Waals surface area (Å²) in [5.41, 5.74) is 1.06. The minimum absolute atomic E-state index is 0.131. The first-order valence-electron chi connectivity index (χ1n) is 11.2. The molecule has 2 aromatic rings. The van der Waals surface area contributed by atoms with Crippen LogP contribution in [0.25, 0.3) is 0 Å². The van der Waals surface area contributed by atoms with Gasteiger partial charge in [0.25, 0.3) is 0 Å². The third-order valence-corrected chi connectivity index (χ3v) is 6.38. The molecule has 0 spiro atoms. The van der Waals surface area contributed by atoms with E-state index in [4.69, 9.17) is 14.2 Å². The molecule has 1 aromatic heterocycles. The number of carbonyl (C=O) groups excluding carboxylic acids is 2. The van der Waals surface area contributed by atoms with Crippen molar-refractivity contribution < 1.29 is 23.8 Å². The number of carbonyl (C=O) groups is 2. The van der Waals surface area contributed by atoms with Gasteiger partial charge in [-0.3, -0.25) is 9.36 Å². The molecule has 2 aliphatic heterocycles. The van der Waals surface area contributed by atoms with E-state index in [0.717, 1.165) is 38.5 Å². The number of benzene rings is 1. The molecule has 0 aliphatic carbocycles. The van der Waals surface area contributed by atoms with Crippen molar-refractivity contribution in [3.8, 4) is 0 Å². The topological polar surface area (TPSA) is 108 Å². The van der Waals surface area contributed by atoms with Gasteiger partial charge in [0.05, 0.1) is 43.8 Å². The lowest BCUT2D eigenvalue weighted by atomic mass is 10.2. The molecule has 178 valence electrons. The van der Waals surface area contributed by atoms with Gasteiger partial charge in [-0.05, 0) is 44.0 Å². The maximum atomic E-state index is 12.5. The van der Waals surface area contributed by atoms with Crippen molar-refractivity contribution in [2.75, 3.05) is 55.5 Å². The lowest BCUT2D eigenvalue weighted by Crippen LogP contribution is -2.38. The van der Waals surface area contributed by atoms with Crippen LogP contribution in [-0.2, 0) is 25.5 Å². The molecular formula is C22H29N5O5S. The van der Waals surface area contributed by atoms with E-state index in [0.29, 0.717) is 42.8 Å². The molecule has 10 nitrogen and oxygen atoms in total. The van der Waals surface area contributed by atoms with Gasteiger partial charge in [0.2, 0.25) is 11.9 Å². The molecule has 3 heterocycles. The van der Waals surface area contributed by atoms with Crippen LogP contribution in [0.15, 0.2) is 29.4 Å². The third kappa shape index (κ3) is 6.24. The highest BCUT2D eigenvalue weighted by atomic mass is 32.2. The van der Waals surface area contributed by atoms with Crippen LogP contribution in [0.2, 0.25) is 0 Å². The zero-order valence-corrected chi connectivity index (χ0v) is 19.5. The second-order valence-electron chi connectivity index (χ2n) is 7.76. The number of morpholine rings is 1. The van der Waals surface area contributed by atoms with Crippen LogP contribution in [0.4, 0.5) is 11.6 Å². The Labute approximate surface area is 197 Å². The van der Waals surface area contributed by atoms with Crippen LogP contribution in [0, 0.1) is 0 Å². The SMILES string of the molecule is CCOC(=O)c1ccc(NC(=O)CSc2nnc(N3CCOCC3)n2CC2CCCO2)cc1. The van der Waals surface area contributed by atoms with E-state index in [2.05, 4.69) is 25.0 Å². The first-order valence-corrected chi connectivity index (χ1v) is 12.2. The van der Waals surface area contributed by atoms with Crippen LogP contribution < -0.4 is 10.2 Å². The summed E-state index contributed by atoms with van der Waals surface area (Å²) in [6.07, 6.45) is 2.19. The summed E-state index contributed by atoms with van der Waals surface area (Å²) < 4.78 is 18.3. The van der Waals surface area contributed by atoms with Gasteiger partial charge in [0.15, 0.2) is 5.16 Å². The summed E-state index contributed by atoms with van der Waals surface area (Å²) in [5, 5.41) is 12.3. The summed E-state index contributed by atoms with van der Waals surface area (Å²) in [6.45, 7) is 6.36. The van der Waals surface area contributed by atoms with E-state index >= 15 is 0 Å². The first-order chi connectivity index (χ1) is 16.1. The maximum absolute atomic E-state index is 12.5. The minimum atomic E-state index is -0.382. The molecule has 1 atom stereocenters. The molecule has 2 saturated heterocycles. The highest BCUT2D eigenvalue weighted by molar-refractivity contribution is 7.99. The second kappa shape index (κ2) is 11.5. The molecule has 1 unspecified atom stereocenters. The molecule has 0 bridgehead atoms. The van der Waals surface area contributed by atoms with Crippen LogP contribution in [0.1, 0.15) is 30.1 Å². The summed E-state index contributed by atoms with van der Waals surface area (Å²) in [6, 6.07) is 6.64. The zero-order chi connectivity index (χ0) is 23.0. The minimum Gasteiger partial charge on any atom is -0.462 e. The average Bonchev–Trinajstić information content (AvgIpc) is 3.49. The van der Waals surface area contributed by atoms with Crippen molar-refractivity contribution in [1.82, 2.24) is 14.8 Å². The Morgan fingerprint density at radius 3 is 2.67 bits per heavy atom. The fourth-order valence-electron chi connectivity index (χ4n) is 3.77. The van der Waals surface area contributed by atoms with Crippen LogP contribution >= 0.6 is 11.8 Å². The van der Waals surface area contributed by atoms with E-state index in [1.807, 2.05) is 0 Å². The number of ether oxygens (including phenoxy) is 3. The number of nitrogens with one attached hydrogen (secondary N) is 1. The lowest BCUT2D eigenvalue weighted by molar-refractivity contribution is -0.113. The predicted molar refractivity (Wildman–Crippen MR) is 124 cm³/mol. The van der Waals surface area contributed by atoms with Gasteiger partial charge >= 0.3 is 5.97 Å². The van der Waals surface area contributed by atoms with E-state index in [1.54, 1.807) is 31.2 Å². The van der Waals surface area contributed by atoms with Gasteiger partial charge in [-0.25, -0.2) is 4.79 Å². The molecule has 33 heavy (non-hydrogen) atoms. The number of amides is 1. The normalized spacial score (nSPS) is 18.3. The summed E-state index contributed by atoms with van der Waals surface area (Å²) in [5.74, 6) is 0.439. The Morgan fingerprint density at radius 1 is 1.18 bits per heavy atom. The molecule has 2 aliphatic rings. The molecule has 11 heteroatoms. The number of nitrogens with zero attached hydrogens (tertiary/aromatic N) is 4. The smallest absolute Gasteiger partial charge is 0.338 e. The predicted octanol–water partition coefficient (Wildman–Crippen LogP) is 2.20. The molecular weight excluding hydrogens is 446 g/mol. The van der Waals surface area contributed by atoms with E-state index < -0.39 is 0 Å². The van der Waals surface area contributed by atoms with Gasteiger partial charge in [0.1, 0.15) is 0 Å². The Balaban J connectivity index is 1.38. The van der Waals surface area contributed by atoms with Gasteiger partial charge in [-0.1, -0.05) is 11.8 Å². The molecule has 1 aromatic carbocycles.